The molecular weight excluding hydrogens is 454 g/mol. The number of aromatic nitrogens is 3. The topological polar surface area (TPSA) is 73.9 Å². The van der Waals surface area contributed by atoms with Crippen LogP contribution < -0.4 is 5.32 Å². The third kappa shape index (κ3) is 5.74. The van der Waals surface area contributed by atoms with Crippen LogP contribution >= 0.6 is 23.4 Å². The van der Waals surface area contributed by atoms with E-state index >= 15 is 0 Å². The number of hydrogen-bond acceptors (Lipinski definition) is 4. The third-order valence-electron chi connectivity index (χ3n) is 5.13. The number of benzene rings is 2. The second kappa shape index (κ2) is 10.6. The van der Waals surface area contributed by atoms with Crippen molar-refractivity contribution in [3.63, 3.8) is 0 Å². The maximum Gasteiger partial charge on any atom is 0.322 e. The molecule has 8 heteroatoms. The van der Waals surface area contributed by atoms with Crippen molar-refractivity contribution >= 4 is 35.1 Å². The standard InChI is InChI=1S/C25H24ClN5OS/c1-17-13-22(33-2)23(24(26)28-17)29-25(32)31(15-18-7-4-3-5-8-18)16-19-9-6-10-20(14-19)21-11-12-27-30-21/h3-14H,15-16H2,1-2H3,(H,27,30)(H,29,32). The van der Waals surface area contributed by atoms with E-state index in [9.17, 15) is 4.79 Å². The zero-order valence-electron chi connectivity index (χ0n) is 18.4. The van der Waals surface area contributed by atoms with Crippen molar-refractivity contribution in [2.45, 2.75) is 24.9 Å². The summed E-state index contributed by atoms with van der Waals surface area (Å²) in [5.41, 5.74) is 5.32. The molecule has 2 amide bonds. The number of amides is 2. The molecule has 4 aromatic rings. The lowest BCUT2D eigenvalue weighted by Crippen LogP contribution is -2.34. The number of urea groups is 1. The first-order valence-electron chi connectivity index (χ1n) is 10.4. The summed E-state index contributed by atoms with van der Waals surface area (Å²) in [5.74, 6) is 0. The minimum absolute atomic E-state index is 0.242. The summed E-state index contributed by atoms with van der Waals surface area (Å²) in [6, 6.07) is 21.6. The molecule has 0 atom stereocenters. The molecule has 2 N–H and O–H groups in total. The van der Waals surface area contributed by atoms with Gasteiger partial charge in [0.1, 0.15) is 0 Å². The molecule has 0 saturated heterocycles. The highest BCUT2D eigenvalue weighted by molar-refractivity contribution is 7.98. The SMILES string of the molecule is CSc1cc(C)nc(Cl)c1NC(=O)N(Cc1ccccc1)Cc1cccc(-c2ccn[nH]2)c1. The zero-order chi connectivity index (χ0) is 23.2. The van der Waals surface area contributed by atoms with Gasteiger partial charge in [-0.1, -0.05) is 60.1 Å². The number of aromatic amines is 1. The number of anilines is 1. The Balaban J connectivity index is 1.62. The first-order chi connectivity index (χ1) is 16.0. The average molecular weight is 478 g/mol. The number of nitrogens with one attached hydrogen (secondary N) is 2. The lowest BCUT2D eigenvalue weighted by Gasteiger charge is -2.24. The van der Waals surface area contributed by atoms with Crippen molar-refractivity contribution in [1.29, 1.82) is 0 Å². The Morgan fingerprint density at radius 1 is 1.06 bits per heavy atom. The van der Waals surface area contributed by atoms with Gasteiger partial charge in [0.05, 0.1) is 11.4 Å². The van der Waals surface area contributed by atoms with Crippen molar-refractivity contribution in [3.8, 4) is 11.3 Å². The molecule has 0 aliphatic heterocycles. The Bertz CT molecular complexity index is 1230. The number of carbonyl (C=O) groups excluding carboxylic acids is 1. The average Bonchev–Trinajstić information content (AvgIpc) is 3.36. The third-order valence-corrected chi connectivity index (χ3v) is 6.17. The molecule has 2 aromatic carbocycles. The van der Waals surface area contributed by atoms with Gasteiger partial charge in [-0.25, -0.2) is 9.78 Å². The van der Waals surface area contributed by atoms with E-state index in [1.54, 1.807) is 11.1 Å². The van der Waals surface area contributed by atoms with Crippen LogP contribution in [-0.2, 0) is 13.1 Å². The van der Waals surface area contributed by atoms with E-state index in [2.05, 4.69) is 26.6 Å². The van der Waals surface area contributed by atoms with Crippen LogP contribution in [0.2, 0.25) is 5.15 Å². The Kier molecular flexibility index (Phi) is 7.32. The van der Waals surface area contributed by atoms with Crippen LogP contribution in [0.4, 0.5) is 10.5 Å². The van der Waals surface area contributed by atoms with Crippen molar-refractivity contribution in [2.75, 3.05) is 11.6 Å². The number of aryl methyl sites for hydroxylation is 1. The fourth-order valence-electron chi connectivity index (χ4n) is 3.54. The van der Waals surface area contributed by atoms with Crippen LogP contribution in [-0.4, -0.2) is 32.4 Å². The van der Waals surface area contributed by atoms with Crippen molar-refractivity contribution < 1.29 is 4.79 Å². The minimum Gasteiger partial charge on any atom is -0.316 e. The first kappa shape index (κ1) is 22.9. The van der Waals surface area contributed by atoms with Gasteiger partial charge in [-0.3, -0.25) is 5.10 Å². The van der Waals surface area contributed by atoms with Crippen LogP contribution in [0.15, 0.2) is 77.8 Å². The van der Waals surface area contributed by atoms with E-state index in [0.29, 0.717) is 18.8 Å². The smallest absolute Gasteiger partial charge is 0.316 e. The Labute approximate surface area is 202 Å². The molecule has 4 rings (SSSR count). The molecule has 2 heterocycles. The predicted molar refractivity (Wildman–Crippen MR) is 134 cm³/mol. The van der Waals surface area contributed by atoms with Gasteiger partial charge in [-0.2, -0.15) is 5.10 Å². The normalized spacial score (nSPS) is 10.8. The van der Waals surface area contributed by atoms with Crippen molar-refractivity contribution in [2.24, 2.45) is 0 Å². The van der Waals surface area contributed by atoms with Crippen molar-refractivity contribution in [3.05, 3.63) is 94.9 Å². The maximum atomic E-state index is 13.4. The van der Waals surface area contributed by atoms with Gasteiger partial charge in [0.25, 0.3) is 0 Å². The van der Waals surface area contributed by atoms with Crippen LogP contribution in [0, 0.1) is 6.92 Å². The molecule has 0 aliphatic rings. The Morgan fingerprint density at radius 2 is 1.82 bits per heavy atom. The van der Waals surface area contributed by atoms with E-state index in [1.807, 2.05) is 73.8 Å². The molecule has 0 unspecified atom stereocenters. The Hall–Kier alpha value is -3.29. The van der Waals surface area contributed by atoms with Gasteiger partial charge in [0.2, 0.25) is 0 Å². The van der Waals surface area contributed by atoms with Crippen LogP contribution in [0.1, 0.15) is 16.8 Å². The predicted octanol–water partition coefficient (Wildman–Crippen LogP) is 6.39. The molecule has 2 aromatic heterocycles. The molecule has 0 fully saturated rings. The molecule has 0 saturated carbocycles. The summed E-state index contributed by atoms with van der Waals surface area (Å²) in [7, 11) is 0. The second-order valence-electron chi connectivity index (χ2n) is 7.57. The van der Waals surface area contributed by atoms with E-state index in [0.717, 1.165) is 33.0 Å². The van der Waals surface area contributed by atoms with Crippen LogP contribution in [0.25, 0.3) is 11.3 Å². The summed E-state index contributed by atoms with van der Waals surface area (Å²) in [6.07, 6.45) is 3.67. The number of pyridine rings is 1. The van der Waals surface area contributed by atoms with Crippen LogP contribution in [0.3, 0.4) is 0 Å². The van der Waals surface area contributed by atoms with Crippen molar-refractivity contribution in [1.82, 2.24) is 20.1 Å². The molecule has 33 heavy (non-hydrogen) atoms. The fourth-order valence-corrected chi connectivity index (χ4v) is 4.52. The monoisotopic (exact) mass is 477 g/mol. The molecule has 168 valence electrons. The van der Waals surface area contributed by atoms with Gasteiger partial charge >= 0.3 is 6.03 Å². The highest BCUT2D eigenvalue weighted by Crippen LogP contribution is 2.32. The maximum absolute atomic E-state index is 13.4. The number of nitrogens with zero attached hydrogens (tertiary/aromatic N) is 3. The van der Waals surface area contributed by atoms with Gasteiger partial charge in [0, 0.05) is 29.9 Å². The quantitative estimate of drug-likeness (QED) is 0.239. The molecule has 6 nitrogen and oxygen atoms in total. The summed E-state index contributed by atoms with van der Waals surface area (Å²) < 4.78 is 0. The first-order valence-corrected chi connectivity index (χ1v) is 12.0. The molecular formula is C25H24ClN5OS. The van der Waals surface area contributed by atoms with E-state index in [4.69, 9.17) is 11.6 Å². The number of rotatable bonds is 7. The number of thioether (sulfide) groups is 1. The van der Waals surface area contributed by atoms with E-state index < -0.39 is 0 Å². The number of hydrogen-bond donors (Lipinski definition) is 2. The van der Waals surface area contributed by atoms with Gasteiger partial charge in [-0.15, -0.1) is 11.8 Å². The van der Waals surface area contributed by atoms with E-state index in [-0.39, 0.29) is 11.2 Å². The van der Waals surface area contributed by atoms with Crippen LogP contribution in [0.5, 0.6) is 0 Å². The van der Waals surface area contributed by atoms with Gasteiger partial charge in [0.15, 0.2) is 5.15 Å². The summed E-state index contributed by atoms with van der Waals surface area (Å²) in [5, 5.41) is 10.3. The fraction of sp³-hybridized carbons (Fsp3) is 0.160. The molecule has 0 radical (unpaired) electrons. The molecule has 0 bridgehead atoms. The lowest BCUT2D eigenvalue weighted by atomic mass is 10.1. The van der Waals surface area contributed by atoms with E-state index in [1.165, 1.54) is 11.8 Å². The largest absolute Gasteiger partial charge is 0.322 e. The number of H-pyrrole nitrogens is 1. The summed E-state index contributed by atoms with van der Waals surface area (Å²) in [6.45, 7) is 2.76. The highest BCUT2D eigenvalue weighted by Gasteiger charge is 2.19. The number of carbonyl (C=O) groups is 1. The van der Waals surface area contributed by atoms with Gasteiger partial charge < -0.3 is 10.2 Å². The summed E-state index contributed by atoms with van der Waals surface area (Å²) >= 11 is 7.91. The lowest BCUT2D eigenvalue weighted by molar-refractivity contribution is 0.206. The summed E-state index contributed by atoms with van der Waals surface area (Å²) in [4.78, 5) is 20.4. The molecule has 0 aliphatic carbocycles. The zero-order valence-corrected chi connectivity index (χ0v) is 20.0. The highest BCUT2D eigenvalue weighted by atomic mass is 35.5. The number of halogens is 1. The van der Waals surface area contributed by atoms with Gasteiger partial charge in [-0.05, 0) is 48.1 Å². The Morgan fingerprint density at radius 3 is 2.55 bits per heavy atom. The minimum atomic E-state index is -0.242. The molecule has 0 spiro atoms. The second-order valence-corrected chi connectivity index (χ2v) is 8.78.